The Morgan fingerprint density at radius 2 is 2.00 bits per heavy atom. The molecule has 0 spiro atoms. The molecule has 0 saturated carbocycles. The maximum atomic E-state index is 13.2. The van der Waals surface area contributed by atoms with Crippen LogP contribution in [0.3, 0.4) is 0 Å². The van der Waals surface area contributed by atoms with E-state index in [1.165, 1.54) is 12.1 Å². The summed E-state index contributed by atoms with van der Waals surface area (Å²) in [5.41, 5.74) is 5.01. The second-order valence-corrected chi connectivity index (χ2v) is 3.35. The number of unbranched alkanes of at least 4 members (excludes halogenated alkanes) is 1. The Balaban J connectivity index is 0.00000256. The first-order valence-electron chi connectivity index (χ1n) is 5.09. The number of carbonyl (C=O) groups is 1. The van der Waals surface area contributed by atoms with Crippen LogP contribution in [-0.2, 0) is 0 Å². The molecule has 3 nitrogen and oxygen atoms in total. The molecule has 0 saturated heterocycles. The number of rotatable bonds is 5. The predicted octanol–water partition coefficient (Wildman–Crippen LogP) is 1.86. The van der Waals surface area contributed by atoms with Crippen LogP contribution in [0.5, 0.6) is 0 Å². The number of carbonyl (C=O) groups excluding carboxylic acids is 1. The highest BCUT2D eigenvalue weighted by atomic mass is 35.5. The van der Waals surface area contributed by atoms with E-state index in [1.807, 2.05) is 0 Å². The van der Waals surface area contributed by atoms with Crippen LogP contribution in [0.15, 0.2) is 18.2 Å². The van der Waals surface area contributed by atoms with E-state index in [9.17, 15) is 13.6 Å². The van der Waals surface area contributed by atoms with Crippen LogP contribution in [0.4, 0.5) is 8.78 Å². The lowest BCUT2D eigenvalue weighted by Crippen LogP contribution is -2.26. The Labute approximate surface area is 105 Å². The van der Waals surface area contributed by atoms with Gasteiger partial charge in [-0.25, -0.2) is 8.78 Å². The standard InChI is InChI=1S/C11H14F2N2O.ClH/c12-9-5-3-4-8(10(9)13)11(16)15-7-2-1-6-14;/h3-5H,1-2,6-7,14H2,(H,15,16);1H. The molecule has 0 unspecified atom stereocenters. The second-order valence-electron chi connectivity index (χ2n) is 3.35. The third-order valence-electron chi connectivity index (χ3n) is 2.11. The monoisotopic (exact) mass is 264 g/mol. The van der Waals surface area contributed by atoms with Gasteiger partial charge in [0, 0.05) is 6.54 Å². The van der Waals surface area contributed by atoms with E-state index in [0.717, 1.165) is 18.9 Å². The van der Waals surface area contributed by atoms with E-state index in [0.29, 0.717) is 13.1 Å². The third-order valence-corrected chi connectivity index (χ3v) is 2.11. The van der Waals surface area contributed by atoms with Crippen LogP contribution in [0.1, 0.15) is 23.2 Å². The first kappa shape index (κ1) is 15.8. The molecule has 1 aromatic carbocycles. The molecule has 1 amide bonds. The molecule has 0 bridgehead atoms. The lowest BCUT2D eigenvalue weighted by molar-refractivity contribution is 0.0948. The molecule has 0 fully saturated rings. The number of halogens is 3. The molecule has 0 aliphatic rings. The van der Waals surface area contributed by atoms with Crippen molar-refractivity contribution in [1.82, 2.24) is 5.32 Å². The van der Waals surface area contributed by atoms with Crippen molar-refractivity contribution in [3.63, 3.8) is 0 Å². The zero-order valence-corrected chi connectivity index (χ0v) is 10.0. The molecule has 6 heteroatoms. The lowest BCUT2D eigenvalue weighted by Gasteiger charge is -2.05. The average Bonchev–Trinajstić information content (AvgIpc) is 2.28. The van der Waals surface area contributed by atoms with Gasteiger partial charge in [0.15, 0.2) is 11.6 Å². The fourth-order valence-electron chi connectivity index (χ4n) is 1.25. The van der Waals surface area contributed by atoms with Crippen LogP contribution in [0, 0.1) is 11.6 Å². The van der Waals surface area contributed by atoms with Gasteiger partial charge >= 0.3 is 0 Å². The maximum absolute atomic E-state index is 13.2. The minimum absolute atomic E-state index is 0. The highest BCUT2D eigenvalue weighted by molar-refractivity contribution is 5.94. The molecule has 0 atom stereocenters. The Morgan fingerprint density at radius 3 is 2.65 bits per heavy atom. The second kappa shape index (κ2) is 7.97. The fourth-order valence-corrected chi connectivity index (χ4v) is 1.25. The SMILES string of the molecule is Cl.NCCCCNC(=O)c1cccc(F)c1F. The normalized spacial score (nSPS) is 9.59. The molecule has 0 radical (unpaired) electrons. The molecule has 0 aliphatic carbocycles. The van der Waals surface area contributed by atoms with Crippen LogP contribution < -0.4 is 11.1 Å². The highest BCUT2D eigenvalue weighted by Gasteiger charge is 2.13. The number of benzene rings is 1. The van der Waals surface area contributed by atoms with Crippen LogP contribution in [0.2, 0.25) is 0 Å². The number of nitrogens with two attached hydrogens (primary N) is 1. The van der Waals surface area contributed by atoms with Gasteiger partial charge in [-0.2, -0.15) is 0 Å². The van der Waals surface area contributed by atoms with Gasteiger partial charge in [-0.05, 0) is 31.5 Å². The Kier molecular flexibility index (Phi) is 7.41. The average molecular weight is 265 g/mol. The molecule has 17 heavy (non-hydrogen) atoms. The summed E-state index contributed by atoms with van der Waals surface area (Å²) < 4.78 is 26.0. The van der Waals surface area contributed by atoms with Crippen molar-refractivity contribution in [2.24, 2.45) is 5.73 Å². The van der Waals surface area contributed by atoms with Crippen molar-refractivity contribution in [3.8, 4) is 0 Å². The number of amides is 1. The quantitative estimate of drug-likeness (QED) is 0.798. The van der Waals surface area contributed by atoms with Gasteiger partial charge in [0.1, 0.15) is 0 Å². The van der Waals surface area contributed by atoms with Gasteiger partial charge in [0.2, 0.25) is 0 Å². The summed E-state index contributed by atoms with van der Waals surface area (Å²) in [6.07, 6.45) is 1.51. The summed E-state index contributed by atoms with van der Waals surface area (Å²) in [5, 5.41) is 2.50. The Hall–Kier alpha value is -1.20. The first-order chi connectivity index (χ1) is 7.66. The summed E-state index contributed by atoms with van der Waals surface area (Å²) in [5.74, 6) is -2.73. The van der Waals surface area contributed by atoms with E-state index < -0.39 is 17.5 Å². The number of nitrogens with one attached hydrogen (secondary N) is 1. The van der Waals surface area contributed by atoms with Crippen molar-refractivity contribution >= 4 is 18.3 Å². The molecule has 0 aromatic heterocycles. The summed E-state index contributed by atoms with van der Waals surface area (Å²) in [6.45, 7) is 0.955. The number of hydrogen-bond donors (Lipinski definition) is 2. The third kappa shape index (κ3) is 4.66. The molecule has 1 aromatic rings. The zero-order valence-electron chi connectivity index (χ0n) is 9.21. The Morgan fingerprint density at radius 1 is 1.29 bits per heavy atom. The fraction of sp³-hybridized carbons (Fsp3) is 0.364. The minimum Gasteiger partial charge on any atom is -0.352 e. The molecule has 0 aliphatic heterocycles. The molecular formula is C11H15ClF2N2O. The first-order valence-corrected chi connectivity index (χ1v) is 5.09. The summed E-state index contributed by atoms with van der Waals surface area (Å²) in [6, 6.07) is 3.52. The van der Waals surface area contributed by atoms with Crippen molar-refractivity contribution in [1.29, 1.82) is 0 Å². The van der Waals surface area contributed by atoms with E-state index in [4.69, 9.17) is 5.73 Å². The van der Waals surface area contributed by atoms with E-state index in [-0.39, 0.29) is 18.0 Å². The van der Waals surface area contributed by atoms with Crippen molar-refractivity contribution in [2.75, 3.05) is 13.1 Å². The molecule has 3 N–H and O–H groups in total. The lowest BCUT2D eigenvalue weighted by atomic mass is 10.2. The Bertz CT molecular complexity index is 374. The number of hydrogen-bond acceptors (Lipinski definition) is 2. The molecular weight excluding hydrogens is 250 g/mol. The van der Waals surface area contributed by atoms with Crippen LogP contribution in [0.25, 0.3) is 0 Å². The zero-order chi connectivity index (χ0) is 12.0. The summed E-state index contributed by atoms with van der Waals surface area (Å²) in [7, 11) is 0. The van der Waals surface area contributed by atoms with Crippen molar-refractivity contribution in [3.05, 3.63) is 35.4 Å². The van der Waals surface area contributed by atoms with Crippen molar-refractivity contribution < 1.29 is 13.6 Å². The topological polar surface area (TPSA) is 55.1 Å². The summed E-state index contributed by atoms with van der Waals surface area (Å²) >= 11 is 0. The predicted molar refractivity (Wildman–Crippen MR) is 64.2 cm³/mol. The highest BCUT2D eigenvalue weighted by Crippen LogP contribution is 2.10. The van der Waals surface area contributed by atoms with Crippen molar-refractivity contribution in [2.45, 2.75) is 12.8 Å². The van der Waals surface area contributed by atoms with Gasteiger partial charge in [0.05, 0.1) is 5.56 Å². The van der Waals surface area contributed by atoms with E-state index >= 15 is 0 Å². The maximum Gasteiger partial charge on any atom is 0.254 e. The van der Waals surface area contributed by atoms with Gasteiger partial charge < -0.3 is 11.1 Å². The molecule has 1 rings (SSSR count). The van der Waals surface area contributed by atoms with Gasteiger partial charge in [-0.1, -0.05) is 6.07 Å². The van der Waals surface area contributed by atoms with E-state index in [1.54, 1.807) is 0 Å². The van der Waals surface area contributed by atoms with Gasteiger partial charge in [-0.3, -0.25) is 4.79 Å². The molecule has 0 heterocycles. The van der Waals surface area contributed by atoms with E-state index in [2.05, 4.69) is 5.32 Å². The minimum atomic E-state index is -1.11. The van der Waals surface area contributed by atoms with Gasteiger partial charge in [0.25, 0.3) is 5.91 Å². The van der Waals surface area contributed by atoms with Gasteiger partial charge in [-0.15, -0.1) is 12.4 Å². The summed E-state index contributed by atoms with van der Waals surface area (Å²) in [4.78, 5) is 11.4. The molecule has 96 valence electrons. The largest absolute Gasteiger partial charge is 0.352 e. The van der Waals surface area contributed by atoms with Crippen LogP contribution >= 0.6 is 12.4 Å². The van der Waals surface area contributed by atoms with Crippen LogP contribution in [-0.4, -0.2) is 19.0 Å². The smallest absolute Gasteiger partial charge is 0.254 e.